The van der Waals surface area contributed by atoms with Gasteiger partial charge in [-0.2, -0.15) is 5.10 Å². The van der Waals surface area contributed by atoms with E-state index < -0.39 is 11.6 Å². The van der Waals surface area contributed by atoms with Gasteiger partial charge in [0.2, 0.25) is 5.96 Å². The van der Waals surface area contributed by atoms with Gasteiger partial charge in [-0.1, -0.05) is 0 Å². The van der Waals surface area contributed by atoms with E-state index in [0.717, 1.165) is 12.1 Å². The first-order valence-corrected chi connectivity index (χ1v) is 6.97. The number of imidazole rings is 1. The SMILES string of the molecule is Cl.NC(N)=N/N=C\c1c(-c2ccc(F)c(F)c2)nc2sccn12. The zero-order valence-corrected chi connectivity index (χ0v) is 13.1. The van der Waals surface area contributed by atoms with Crippen molar-refractivity contribution < 1.29 is 8.78 Å². The predicted molar refractivity (Wildman–Crippen MR) is 89.1 cm³/mol. The number of nitrogens with two attached hydrogens (primary N) is 2. The van der Waals surface area contributed by atoms with Gasteiger partial charge >= 0.3 is 0 Å². The van der Waals surface area contributed by atoms with Gasteiger partial charge in [0.1, 0.15) is 0 Å². The highest BCUT2D eigenvalue weighted by Gasteiger charge is 2.15. The lowest BCUT2D eigenvalue weighted by atomic mass is 10.1. The minimum Gasteiger partial charge on any atom is -0.369 e. The summed E-state index contributed by atoms with van der Waals surface area (Å²) >= 11 is 1.40. The molecule has 10 heteroatoms. The smallest absolute Gasteiger partial charge is 0.211 e. The monoisotopic (exact) mass is 356 g/mol. The van der Waals surface area contributed by atoms with Crippen LogP contribution in [-0.2, 0) is 0 Å². The van der Waals surface area contributed by atoms with E-state index in [-0.39, 0.29) is 18.4 Å². The van der Waals surface area contributed by atoms with Crippen molar-refractivity contribution in [3.05, 3.63) is 47.1 Å². The molecule has 0 saturated heterocycles. The summed E-state index contributed by atoms with van der Waals surface area (Å²) in [6, 6.07) is 3.58. The van der Waals surface area contributed by atoms with Crippen molar-refractivity contribution in [3.8, 4) is 11.3 Å². The van der Waals surface area contributed by atoms with Crippen LogP contribution < -0.4 is 11.5 Å². The van der Waals surface area contributed by atoms with Crippen molar-refractivity contribution in [2.75, 3.05) is 0 Å². The first kappa shape index (κ1) is 16.8. The maximum Gasteiger partial charge on any atom is 0.211 e. The molecule has 120 valence electrons. The third-order valence-electron chi connectivity index (χ3n) is 2.85. The molecule has 1 aromatic carbocycles. The Labute approximate surface area is 139 Å². The molecule has 0 bridgehead atoms. The second kappa shape index (κ2) is 6.71. The summed E-state index contributed by atoms with van der Waals surface area (Å²) in [7, 11) is 0. The van der Waals surface area contributed by atoms with Crippen LogP contribution in [0.25, 0.3) is 16.2 Å². The lowest BCUT2D eigenvalue weighted by Crippen LogP contribution is -2.21. The molecule has 0 radical (unpaired) electrons. The molecule has 6 nitrogen and oxygen atoms in total. The highest BCUT2D eigenvalue weighted by Crippen LogP contribution is 2.26. The van der Waals surface area contributed by atoms with Gasteiger partial charge < -0.3 is 11.5 Å². The Balaban J connectivity index is 0.00000192. The van der Waals surface area contributed by atoms with Gasteiger partial charge in [-0.25, -0.2) is 13.8 Å². The van der Waals surface area contributed by atoms with E-state index in [2.05, 4.69) is 15.2 Å². The van der Waals surface area contributed by atoms with Crippen LogP contribution in [0.15, 0.2) is 40.0 Å². The van der Waals surface area contributed by atoms with Crippen LogP contribution in [0.1, 0.15) is 5.69 Å². The highest BCUT2D eigenvalue weighted by atomic mass is 35.5. The lowest BCUT2D eigenvalue weighted by molar-refractivity contribution is 0.509. The van der Waals surface area contributed by atoms with Crippen molar-refractivity contribution in [1.82, 2.24) is 9.38 Å². The molecule has 0 saturated carbocycles. The molecule has 3 rings (SSSR count). The Hall–Kier alpha value is -2.52. The van der Waals surface area contributed by atoms with E-state index >= 15 is 0 Å². The van der Waals surface area contributed by atoms with Gasteiger partial charge in [0.05, 0.1) is 17.6 Å². The molecule has 0 amide bonds. The first-order valence-electron chi connectivity index (χ1n) is 6.09. The fraction of sp³-hybridized carbons (Fsp3) is 0. The van der Waals surface area contributed by atoms with E-state index in [1.54, 1.807) is 10.6 Å². The third kappa shape index (κ3) is 3.30. The summed E-state index contributed by atoms with van der Waals surface area (Å²) in [6.45, 7) is 0. The maximum atomic E-state index is 13.4. The summed E-state index contributed by atoms with van der Waals surface area (Å²) in [5.41, 5.74) is 11.9. The number of rotatable bonds is 3. The number of hydrogen-bond donors (Lipinski definition) is 2. The van der Waals surface area contributed by atoms with Crippen molar-refractivity contribution in [3.63, 3.8) is 0 Å². The molecule has 0 fully saturated rings. The molecule has 0 aliphatic carbocycles. The molecule has 2 aromatic heterocycles. The van der Waals surface area contributed by atoms with Crippen LogP contribution in [0.2, 0.25) is 0 Å². The minimum absolute atomic E-state index is 0. The maximum absolute atomic E-state index is 13.4. The number of fused-ring (bicyclic) bond motifs is 1. The lowest BCUT2D eigenvalue weighted by Gasteiger charge is -2.00. The summed E-state index contributed by atoms with van der Waals surface area (Å²) in [5, 5.41) is 9.13. The summed E-state index contributed by atoms with van der Waals surface area (Å²) in [4.78, 5) is 5.09. The van der Waals surface area contributed by atoms with Crippen molar-refractivity contribution in [2.24, 2.45) is 21.7 Å². The van der Waals surface area contributed by atoms with Crippen molar-refractivity contribution in [1.29, 1.82) is 0 Å². The number of hydrogen-bond acceptors (Lipinski definition) is 4. The van der Waals surface area contributed by atoms with Gasteiger partial charge in [0.15, 0.2) is 16.6 Å². The molecule has 4 N–H and O–H groups in total. The van der Waals surface area contributed by atoms with Crippen LogP contribution in [0.5, 0.6) is 0 Å². The van der Waals surface area contributed by atoms with Crippen LogP contribution in [0.3, 0.4) is 0 Å². The van der Waals surface area contributed by atoms with Gasteiger partial charge in [0.25, 0.3) is 0 Å². The van der Waals surface area contributed by atoms with E-state index in [1.165, 1.54) is 23.6 Å². The summed E-state index contributed by atoms with van der Waals surface area (Å²) < 4.78 is 28.3. The fourth-order valence-electron chi connectivity index (χ4n) is 1.93. The van der Waals surface area contributed by atoms with E-state index in [0.29, 0.717) is 21.9 Å². The Morgan fingerprint density at radius 2 is 2.04 bits per heavy atom. The summed E-state index contributed by atoms with van der Waals surface area (Å²) in [5.74, 6) is -2.04. The predicted octanol–water partition coefficient (Wildman–Crippen LogP) is 2.37. The molecule has 2 heterocycles. The molecule has 0 aliphatic heterocycles. The molecule has 0 aliphatic rings. The average Bonchev–Trinajstić information content (AvgIpc) is 3.04. The highest BCUT2D eigenvalue weighted by molar-refractivity contribution is 7.15. The van der Waals surface area contributed by atoms with E-state index in [1.807, 2.05) is 5.38 Å². The zero-order chi connectivity index (χ0) is 15.7. The van der Waals surface area contributed by atoms with Crippen molar-refractivity contribution >= 4 is 40.9 Å². The quantitative estimate of drug-likeness (QED) is 0.428. The van der Waals surface area contributed by atoms with Gasteiger partial charge in [-0.05, 0) is 18.2 Å². The van der Waals surface area contributed by atoms with Crippen LogP contribution in [-0.4, -0.2) is 21.6 Å². The van der Waals surface area contributed by atoms with Gasteiger partial charge in [0, 0.05) is 17.1 Å². The Kier molecular flexibility index (Phi) is 4.92. The Morgan fingerprint density at radius 3 is 2.74 bits per heavy atom. The van der Waals surface area contributed by atoms with Crippen molar-refractivity contribution in [2.45, 2.75) is 0 Å². The van der Waals surface area contributed by atoms with Gasteiger partial charge in [-0.3, -0.25) is 4.40 Å². The number of halogens is 3. The molecular weight excluding hydrogens is 346 g/mol. The largest absolute Gasteiger partial charge is 0.369 e. The number of guanidine groups is 1. The second-order valence-corrected chi connectivity index (χ2v) is 5.17. The number of benzene rings is 1. The molecule has 3 aromatic rings. The minimum atomic E-state index is -0.944. The average molecular weight is 357 g/mol. The molecular formula is C13H11ClF2N6S. The first-order chi connectivity index (χ1) is 10.6. The van der Waals surface area contributed by atoms with Gasteiger partial charge in [-0.15, -0.1) is 28.8 Å². The number of aromatic nitrogens is 2. The fourth-order valence-corrected chi connectivity index (χ4v) is 2.65. The van der Waals surface area contributed by atoms with Crippen LogP contribution in [0, 0.1) is 11.6 Å². The third-order valence-corrected chi connectivity index (χ3v) is 3.60. The molecule has 0 unspecified atom stereocenters. The molecule has 23 heavy (non-hydrogen) atoms. The van der Waals surface area contributed by atoms with E-state index in [4.69, 9.17) is 11.5 Å². The van der Waals surface area contributed by atoms with Crippen LogP contribution in [0.4, 0.5) is 8.78 Å². The topological polar surface area (TPSA) is 94.1 Å². The van der Waals surface area contributed by atoms with E-state index in [9.17, 15) is 8.78 Å². The Bertz CT molecular complexity index is 897. The number of thiazole rings is 1. The number of nitrogens with zero attached hydrogens (tertiary/aromatic N) is 4. The Morgan fingerprint density at radius 1 is 1.26 bits per heavy atom. The summed E-state index contributed by atoms with van der Waals surface area (Å²) in [6.07, 6.45) is 3.19. The van der Waals surface area contributed by atoms with Crippen LogP contribution >= 0.6 is 23.7 Å². The standard InChI is InChI=1S/C13H10F2N6S.ClH/c14-8-2-1-7(5-9(8)15)11-10(6-18-20-12(16)17)21-3-4-22-13(21)19-11;/h1-6H,(H4,16,17,20);1H/b18-6-;. The molecule has 0 spiro atoms. The zero-order valence-electron chi connectivity index (χ0n) is 11.5. The molecule has 0 atom stereocenters. The second-order valence-electron chi connectivity index (χ2n) is 4.30. The normalized spacial score (nSPS) is 10.9.